The van der Waals surface area contributed by atoms with E-state index in [-0.39, 0.29) is 24.0 Å². The van der Waals surface area contributed by atoms with Crippen LogP contribution in [0.1, 0.15) is 42.8 Å². The molecule has 0 atom stereocenters. The van der Waals surface area contributed by atoms with Crippen molar-refractivity contribution in [2.24, 2.45) is 4.99 Å². The van der Waals surface area contributed by atoms with Gasteiger partial charge in [0.05, 0.1) is 5.69 Å². The quantitative estimate of drug-likeness (QED) is 0.204. The third kappa shape index (κ3) is 8.04. The molecule has 2 heterocycles. The molecule has 0 amide bonds. The Morgan fingerprint density at radius 3 is 2.41 bits per heavy atom. The first kappa shape index (κ1) is 26.6. The molecule has 8 heteroatoms. The molecule has 0 aliphatic carbocycles. The molecule has 2 aromatic rings. The van der Waals surface area contributed by atoms with Crippen LogP contribution in [0.15, 0.2) is 39.8 Å². The molecule has 0 saturated carbocycles. The average molecular weight is 555 g/mol. The van der Waals surface area contributed by atoms with Gasteiger partial charge in [-0.3, -0.25) is 9.89 Å². The monoisotopic (exact) mass is 554 g/mol. The average Bonchev–Trinajstić information content (AvgIpc) is 3.22. The molecule has 1 aromatic carbocycles. The van der Waals surface area contributed by atoms with Gasteiger partial charge in [0.25, 0.3) is 0 Å². The van der Waals surface area contributed by atoms with E-state index in [1.807, 2.05) is 7.05 Å². The van der Waals surface area contributed by atoms with Gasteiger partial charge in [0.15, 0.2) is 5.96 Å². The van der Waals surface area contributed by atoms with Gasteiger partial charge in [0, 0.05) is 64.8 Å². The summed E-state index contributed by atoms with van der Waals surface area (Å²) in [6.45, 7) is 12.6. The van der Waals surface area contributed by atoms with Gasteiger partial charge in [-0.2, -0.15) is 0 Å². The molecule has 3 rings (SSSR count). The van der Waals surface area contributed by atoms with Crippen LogP contribution < -0.4 is 10.6 Å². The van der Waals surface area contributed by atoms with Gasteiger partial charge in [-0.15, -0.1) is 24.0 Å². The third-order valence-corrected chi connectivity index (χ3v) is 5.92. The molecule has 1 fully saturated rings. The normalized spacial score (nSPS) is 15.4. The molecule has 7 nitrogen and oxygen atoms in total. The highest BCUT2D eigenvalue weighted by Crippen LogP contribution is 2.15. The summed E-state index contributed by atoms with van der Waals surface area (Å²) in [4.78, 5) is 9.47. The molecular formula is C24H39IN6O. The Morgan fingerprint density at radius 2 is 1.75 bits per heavy atom. The van der Waals surface area contributed by atoms with Crippen molar-refractivity contribution in [1.29, 1.82) is 0 Å². The largest absolute Gasteiger partial charge is 0.361 e. The van der Waals surface area contributed by atoms with Gasteiger partial charge in [0.2, 0.25) is 0 Å². The van der Waals surface area contributed by atoms with Crippen molar-refractivity contribution in [1.82, 2.24) is 25.6 Å². The Labute approximate surface area is 210 Å². The Bertz CT molecular complexity index is 781. The summed E-state index contributed by atoms with van der Waals surface area (Å²) in [6.07, 6.45) is 2.84. The molecule has 0 spiro atoms. The van der Waals surface area contributed by atoms with Crippen molar-refractivity contribution < 1.29 is 4.52 Å². The van der Waals surface area contributed by atoms with Gasteiger partial charge in [-0.1, -0.05) is 49.3 Å². The Balaban J connectivity index is 0.00000363. The summed E-state index contributed by atoms with van der Waals surface area (Å²) in [5.74, 6) is 1.80. The van der Waals surface area contributed by atoms with Crippen LogP contribution >= 0.6 is 24.0 Å². The number of aromatic nitrogens is 1. The molecule has 1 aliphatic rings. The standard InChI is InChI=1S/C24H38N6O.HI/c1-4-22-21(23(5-2)31-28-22)18-27-24(25-3)26-12-9-13-29-14-16-30(17-15-29)19-20-10-7-6-8-11-20;/h6-8,10-11H,4-5,9,12-19H2,1-3H3,(H2,25,26,27);1H. The number of hydrogen-bond donors (Lipinski definition) is 2. The fourth-order valence-electron chi connectivity index (χ4n) is 4.05. The van der Waals surface area contributed by atoms with Crippen LogP contribution in [-0.2, 0) is 25.9 Å². The number of aliphatic imine (C=N–C) groups is 1. The number of rotatable bonds is 10. The third-order valence-electron chi connectivity index (χ3n) is 5.92. The Morgan fingerprint density at radius 1 is 1.03 bits per heavy atom. The highest BCUT2D eigenvalue weighted by atomic mass is 127. The number of aryl methyl sites for hydroxylation is 2. The van der Waals surface area contributed by atoms with Crippen LogP contribution in [0.25, 0.3) is 0 Å². The molecule has 2 N–H and O–H groups in total. The van der Waals surface area contributed by atoms with Crippen molar-refractivity contribution in [3.8, 4) is 0 Å². The minimum atomic E-state index is 0. The van der Waals surface area contributed by atoms with Gasteiger partial charge < -0.3 is 20.1 Å². The van der Waals surface area contributed by atoms with Crippen LogP contribution in [-0.4, -0.2) is 67.2 Å². The second kappa shape index (κ2) is 14.5. The molecular weight excluding hydrogens is 515 g/mol. The molecule has 1 aromatic heterocycles. The van der Waals surface area contributed by atoms with E-state index in [2.05, 4.69) is 74.8 Å². The van der Waals surface area contributed by atoms with Gasteiger partial charge in [-0.05, 0) is 24.9 Å². The first-order valence-corrected chi connectivity index (χ1v) is 11.6. The lowest BCUT2D eigenvalue weighted by molar-refractivity contribution is 0.126. The number of guanidine groups is 1. The zero-order chi connectivity index (χ0) is 21.9. The molecule has 178 valence electrons. The van der Waals surface area contributed by atoms with Gasteiger partial charge in [-0.25, -0.2) is 0 Å². The van der Waals surface area contributed by atoms with Crippen molar-refractivity contribution in [2.45, 2.75) is 46.2 Å². The molecule has 0 bridgehead atoms. The number of benzene rings is 1. The Hall–Kier alpha value is -1.65. The lowest BCUT2D eigenvalue weighted by Gasteiger charge is -2.34. The first-order valence-electron chi connectivity index (χ1n) is 11.6. The van der Waals surface area contributed by atoms with Crippen LogP contribution in [0.2, 0.25) is 0 Å². The zero-order valence-corrected chi connectivity index (χ0v) is 22.1. The fraction of sp³-hybridized carbons (Fsp3) is 0.583. The zero-order valence-electron chi connectivity index (χ0n) is 19.8. The maximum Gasteiger partial charge on any atom is 0.191 e. The van der Waals surface area contributed by atoms with E-state index in [4.69, 9.17) is 4.52 Å². The summed E-state index contributed by atoms with van der Waals surface area (Å²) in [7, 11) is 1.82. The van der Waals surface area contributed by atoms with Crippen LogP contribution in [0.5, 0.6) is 0 Å². The number of nitrogens with one attached hydrogen (secondary N) is 2. The van der Waals surface area contributed by atoms with Crippen molar-refractivity contribution in [2.75, 3.05) is 46.3 Å². The first-order chi connectivity index (χ1) is 15.2. The van der Waals surface area contributed by atoms with E-state index >= 15 is 0 Å². The van der Waals surface area contributed by atoms with Crippen molar-refractivity contribution in [3.05, 3.63) is 52.9 Å². The summed E-state index contributed by atoms with van der Waals surface area (Å²) >= 11 is 0. The van der Waals surface area contributed by atoms with Crippen molar-refractivity contribution in [3.63, 3.8) is 0 Å². The lowest BCUT2D eigenvalue weighted by atomic mass is 10.1. The number of piperazine rings is 1. The van der Waals surface area contributed by atoms with E-state index in [1.54, 1.807) is 0 Å². The highest BCUT2D eigenvalue weighted by molar-refractivity contribution is 14.0. The summed E-state index contributed by atoms with van der Waals surface area (Å²) in [6, 6.07) is 10.8. The van der Waals surface area contributed by atoms with E-state index in [0.29, 0.717) is 6.54 Å². The second-order valence-corrected chi connectivity index (χ2v) is 8.05. The minimum absolute atomic E-state index is 0. The molecule has 1 aliphatic heterocycles. The Kier molecular flexibility index (Phi) is 12.0. The van der Waals surface area contributed by atoms with E-state index in [1.165, 1.54) is 11.1 Å². The predicted octanol–water partition coefficient (Wildman–Crippen LogP) is 3.29. The maximum atomic E-state index is 5.45. The van der Waals surface area contributed by atoms with Crippen LogP contribution in [0.4, 0.5) is 0 Å². The van der Waals surface area contributed by atoms with Crippen molar-refractivity contribution >= 4 is 29.9 Å². The van der Waals surface area contributed by atoms with Gasteiger partial charge >= 0.3 is 0 Å². The molecule has 32 heavy (non-hydrogen) atoms. The van der Waals surface area contributed by atoms with E-state index < -0.39 is 0 Å². The van der Waals surface area contributed by atoms with Gasteiger partial charge in [0.1, 0.15) is 5.76 Å². The lowest BCUT2D eigenvalue weighted by Crippen LogP contribution is -2.46. The molecule has 0 unspecified atom stereocenters. The summed E-state index contributed by atoms with van der Waals surface area (Å²) in [5.41, 5.74) is 3.61. The van der Waals surface area contributed by atoms with E-state index in [9.17, 15) is 0 Å². The predicted molar refractivity (Wildman–Crippen MR) is 142 cm³/mol. The molecule has 0 radical (unpaired) electrons. The number of hydrogen-bond acceptors (Lipinski definition) is 5. The number of nitrogens with zero attached hydrogens (tertiary/aromatic N) is 4. The fourth-order valence-corrected chi connectivity index (χ4v) is 4.05. The topological polar surface area (TPSA) is 68.9 Å². The number of halogens is 1. The highest BCUT2D eigenvalue weighted by Gasteiger charge is 2.17. The van der Waals surface area contributed by atoms with Crippen LogP contribution in [0.3, 0.4) is 0 Å². The minimum Gasteiger partial charge on any atom is -0.361 e. The molecule has 1 saturated heterocycles. The summed E-state index contributed by atoms with van der Waals surface area (Å²) in [5, 5.41) is 11.0. The second-order valence-electron chi connectivity index (χ2n) is 8.05. The SMILES string of the molecule is CCc1noc(CC)c1CNC(=NC)NCCCN1CCN(Cc2ccccc2)CC1.I. The smallest absolute Gasteiger partial charge is 0.191 e. The maximum absolute atomic E-state index is 5.45. The summed E-state index contributed by atoms with van der Waals surface area (Å²) < 4.78 is 5.45. The van der Waals surface area contributed by atoms with E-state index in [0.717, 1.165) is 82.5 Å². The van der Waals surface area contributed by atoms with Crippen LogP contribution in [0, 0.1) is 0 Å².